The molecule has 0 saturated carbocycles. The smallest absolute Gasteiger partial charge is 0.244 e. The topological polar surface area (TPSA) is 76.8 Å². The van der Waals surface area contributed by atoms with Crippen molar-refractivity contribution in [2.75, 3.05) is 47.0 Å². The van der Waals surface area contributed by atoms with Gasteiger partial charge in [-0.15, -0.1) is 0 Å². The van der Waals surface area contributed by atoms with Crippen LogP contribution >= 0.6 is 0 Å². The van der Waals surface area contributed by atoms with Crippen LogP contribution in [0.1, 0.15) is 37.6 Å². The molecule has 2 aliphatic rings. The van der Waals surface area contributed by atoms with Crippen LogP contribution in [0.15, 0.2) is 22.9 Å². The second kappa shape index (κ2) is 8.98. The highest BCUT2D eigenvalue weighted by Gasteiger charge is 2.36. The average molecular weight is 387 g/mol. The summed E-state index contributed by atoms with van der Waals surface area (Å²) in [5, 5.41) is 4.24. The van der Waals surface area contributed by atoms with E-state index in [1.807, 2.05) is 12.1 Å². The number of likely N-dealkylation sites (tertiary alicyclic amines) is 2. The number of nitrogens with zero attached hydrogens (tertiary/aromatic N) is 5. The number of methoxy groups -OCH3 is 1. The van der Waals surface area contributed by atoms with E-state index in [1.165, 1.54) is 19.3 Å². The largest absolute Gasteiger partial charge is 0.475 e. The molecular weight excluding hydrogens is 358 g/mol. The van der Waals surface area contributed by atoms with E-state index in [-0.39, 0.29) is 6.04 Å². The Kier molecular flexibility index (Phi) is 6.19. The maximum Gasteiger partial charge on any atom is 0.244 e. The first-order chi connectivity index (χ1) is 13.8. The molecule has 0 unspecified atom stereocenters. The molecule has 4 rings (SSSR count). The molecule has 0 amide bonds. The molecular formula is C20H29N5O3. The molecule has 8 heteroatoms. The van der Waals surface area contributed by atoms with Gasteiger partial charge in [-0.3, -0.25) is 4.90 Å². The number of hydrogen-bond donors (Lipinski definition) is 0. The fourth-order valence-electron chi connectivity index (χ4n) is 4.20. The van der Waals surface area contributed by atoms with E-state index in [4.69, 9.17) is 19.0 Å². The fraction of sp³-hybridized carbons (Fsp3) is 0.650. The third kappa shape index (κ3) is 4.19. The van der Waals surface area contributed by atoms with Crippen molar-refractivity contribution in [3.8, 4) is 17.3 Å². The van der Waals surface area contributed by atoms with Gasteiger partial charge in [0.2, 0.25) is 17.6 Å². The summed E-state index contributed by atoms with van der Waals surface area (Å²) >= 11 is 0. The molecule has 2 aromatic heterocycles. The second-order valence-electron chi connectivity index (χ2n) is 7.58. The number of rotatable bonds is 7. The van der Waals surface area contributed by atoms with E-state index < -0.39 is 0 Å². The molecule has 2 aliphatic heterocycles. The maximum absolute atomic E-state index is 5.72. The van der Waals surface area contributed by atoms with Crippen LogP contribution in [-0.4, -0.2) is 78.0 Å². The van der Waals surface area contributed by atoms with Crippen molar-refractivity contribution in [1.29, 1.82) is 0 Å². The molecule has 28 heavy (non-hydrogen) atoms. The monoisotopic (exact) mass is 387 g/mol. The molecule has 8 nitrogen and oxygen atoms in total. The van der Waals surface area contributed by atoms with Crippen molar-refractivity contribution in [1.82, 2.24) is 24.9 Å². The molecule has 0 N–H and O–H groups in total. The van der Waals surface area contributed by atoms with Crippen LogP contribution < -0.4 is 4.74 Å². The van der Waals surface area contributed by atoms with E-state index >= 15 is 0 Å². The minimum atomic E-state index is 0.212. The lowest BCUT2D eigenvalue weighted by atomic mass is 10.0. The van der Waals surface area contributed by atoms with Gasteiger partial charge in [0.15, 0.2) is 0 Å². The van der Waals surface area contributed by atoms with Crippen molar-refractivity contribution >= 4 is 0 Å². The molecule has 2 aromatic rings. The van der Waals surface area contributed by atoms with Crippen molar-refractivity contribution < 1.29 is 14.0 Å². The summed E-state index contributed by atoms with van der Waals surface area (Å²) in [5.41, 5.74) is 0.748. The van der Waals surface area contributed by atoms with E-state index in [2.05, 4.69) is 27.0 Å². The zero-order valence-corrected chi connectivity index (χ0v) is 16.7. The van der Waals surface area contributed by atoms with Gasteiger partial charge in [-0.05, 0) is 64.5 Å². The molecule has 0 radical (unpaired) electrons. The first-order valence-electron chi connectivity index (χ1n) is 10.1. The predicted molar refractivity (Wildman–Crippen MR) is 104 cm³/mol. The number of pyridine rings is 1. The highest BCUT2D eigenvalue weighted by atomic mass is 16.5. The predicted octanol–water partition coefficient (Wildman–Crippen LogP) is 2.39. The highest BCUT2D eigenvalue weighted by Crippen LogP contribution is 2.36. The summed E-state index contributed by atoms with van der Waals surface area (Å²) in [5.74, 6) is 1.74. The van der Waals surface area contributed by atoms with Crippen molar-refractivity contribution in [2.45, 2.75) is 37.8 Å². The van der Waals surface area contributed by atoms with Crippen molar-refractivity contribution in [3.63, 3.8) is 0 Å². The molecule has 152 valence electrons. The van der Waals surface area contributed by atoms with Crippen LogP contribution in [0.3, 0.4) is 0 Å². The quantitative estimate of drug-likeness (QED) is 0.670. The summed E-state index contributed by atoms with van der Waals surface area (Å²) < 4.78 is 16.5. The molecule has 2 fully saturated rings. The van der Waals surface area contributed by atoms with Gasteiger partial charge in [0.05, 0.1) is 18.2 Å². The van der Waals surface area contributed by atoms with Crippen molar-refractivity contribution in [3.05, 3.63) is 24.2 Å². The summed E-state index contributed by atoms with van der Waals surface area (Å²) in [6, 6.07) is 4.58. The van der Waals surface area contributed by atoms with Gasteiger partial charge in [-0.2, -0.15) is 4.98 Å². The number of piperidine rings is 1. The van der Waals surface area contributed by atoms with Gasteiger partial charge in [-0.25, -0.2) is 4.98 Å². The number of hydrogen-bond acceptors (Lipinski definition) is 8. The minimum absolute atomic E-state index is 0.212. The molecule has 0 aromatic carbocycles. The Hall–Kier alpha value is -2.03. The van der Waals surface area contributed by atoms with Crippen molar-refractivity contribution in [2.24, 2.45) is 0 Å². The third-order valence-corrected chi connectivity index (χ3v) is 5.72. The van der Waals surface area contributed by atoms with Crippen LogP contribution in [0.5, 0.6) is 5.88 Å². The Labute approximate surface area is 165 Å². The van der Waals surface area contributed by atoms with Gasteiger partial charge in [-0.1, -0.05) is 5.16 Å². The van der Waals surface area contributed by atoms with Gasteiger partial charge in [0.25, 0.3) is 0 Å². The Bertz CT molecular complexity index is 760. The lowest BCUT2D eigenvalue weighted by molar-refractivity contribution is 0.0958. The first-order valence-corrected chi connectivity index (χ1v) is 10.1. The third-order valence-electron chi connectivity index (χ3n) is 5.72. The van der Waals surface area contributed by atoms with Crippen LogP contribution in [-0.2, 0) is 4.74 Å². The van der Waals surface area contributed by atoms with Crippen LogP contribution in [0, 0.1) is 0 Å². The number of ether oxygens (including phenoxy) is 2. The van der Waals surface area contributed by atoms with Gasteiger partial charge < -0.3 is 18.9 Å². The summed E-state index contributed by atoms with van der Waals surface area (Å²) in [4.78, 5) is 14.0. The molecule has 0 aliphatic carbocycles. The Morgan fingerprint density at radius 1 is 1.18 bits per heavy atom. The lowest BCUT2D eigenvalue weighted by Gasteiger charge is -2.37. The molecule has 1 atom stereocenters. The Balaban J connectivity index is 1.50. The highest BCUT2D eigenvalue weighted by molar-refractivity contribution is 5.60. The number of aromatic nitrogens is 3. The van der Waals surface area contributed by atoms with E-state index in [1.54, 1.807) is 13.3 Å². The van der Waals surface area contributed by atoms with E-state index in [0.717, 1.165) is 31.6 Å². The second-order valence-corrected chi connectivity index (χ2v) is 7.58. The van der Waals surface area contributed by atoms with Gasteiger partial charge in [0.1, 0.15) is 6.61 Å². The standard InChI is InChI=1S/C20H29N5O3/c1-24-11-7-15(8-12-24)25-10-4-6-17(25)20-22-18(23-28-20)16-5-3-9-21-19(16)27-14-13-26-2/h3,5,9,15,17H,4,6-8,10-14H2,1-2H3/t17-/m0/s1. The normalized spacial score (nSPS) is 22.0. The summed E-state index contributed by atoms with van der Waals surface area (Å²) in [6.45, 7) is 4.34. The van der Waals surface area contributed by atoms with Crippen LogP contribution in [0.25, 0.3) is 11.4 Å². The zero-order valence-electron chi connectivity index (χ0n) is 16.7. The SMILES string of the molecule is COCCOc1ncccc1-c1noc([C@@H]2CCCN2C2CCN(C)CC2)n1. The fourth-order valence-corrected chi connectivity index (χ4v) is 4.20. The molecule has 0 spiro atoms. The Morgan fingerprint density at radius 2 is 2.04 bits per heavy atom. The van der Waals surface area contributed by atoms with E-state index in [9.17, 15) is 0 Å². The summed E-state index contributed by atoms with van der Waals surface area (Å²) in [6.07, 6.45) is 6.35. The summed E-state index contributed by atoms with van der Waals surface area (Å²) in [7, 11) is 3.84. The van der Waals surface area contributed by atoms with Crippen LogP contribution in [0.4, 0.5) is 0 Å². The Morgan fingerprint density at radius 3 is 2.86 bits per heavy atom. The maximum atomic E-state index is 5.72. The van der Waals surface area contributed by atoms with Gasteiger partial charge in [0, 0.05) is 19.3 Å². The lowest BCUT2D eigenvalue weighted by Crippen LogP contribution is -2.43. The van der Waals surface area contributed by atoms with Gasteiger partial charge >= 0.3 is 0 Å². The van der Waals surface area contributed by atoms with E-state index in [0.29, 0.717) is 36.9 Å². The average Bonchev–Trinajstić information content (AvgIpc) is 3.39. The molecule has 0 bridgehead atoms. The minimum Gasteiger partial charge on any atom is -0.475 e. The van der Waals surface area contributed by atoms with Crippen LogP contribution in [0.2, 0.25) is 0 Å². The first kappa shape index (κ1) is 19.3. The molecule has 4 heterocycles. The molecule has 2 saturated heterocycles. The zero-order chi connectivity index (χ0) is 19.3.